The summed E-state index contributed by atoms with van der Waals surface area (Å²) in [7, 11) is 0. The number of benzene rings is 2. The highest BCUT2D eigenvalue weighted by Gasteiger charge is 2.31. The van der Waals surface area contributed by atoms with Gasteiger partial charge in [0.2, 0.25) is 5.89 Å². The van der Waals surface area contributed by atoms with E-state index in [1.807, 2.05) is 24.3 Å². The number of oxazole rings is 1. The van der Waals surface area contributed by atoms with Crippen molar-refractivity contribution < 1.29 is 9.15 Å². The summed E-state index contributed by atoms with van der Waals surface area (Å²) >= 11 is 11.3. The van der Waals surface area contributed by atoms with Crippen LogP contribution in [0.1, 0.15) is 12.5 Å². The minimum atomic E-state index is -0.360. The fraction of sp³-hybridized carbons (Fsp3) is 0.222. The molecule has 1 unspecified atom stereocenters. The lowest BCUT2D eigenvalue weighted by Crippen LogP contribution is -2.52. The second kappa shape index (κ2) is 5.84. The van der Waals surface area contributed by atoms with Gasteiger partial charge >= 0.3 is 0 Å². The molecule has 0 aliphatic carbocycles. The summed E-state index contributed by atoms with van der Waals surface area (Å²) in [5.74, 6) is 0.567. The predicted molar refractivity (Wildman–Crippen MR) is 98.4 cm³/mol. The maximum Gasteiger partial charge on any atom is 0.227 e. The van der Waals surface area contributed by atoms with Crippen molar-refractivity contribution in [2.24, 2.45) is 0 Å². The Labute approximate surface area is 149 Å². The topological polar surface area (TPSA) is 47.3 Å². The monoisotopic (exact) mass is 358 g/mol. The van der Waals surface area contributed by atoms with E-state index in [1.54, 1.807) is 12.1 Å². The highest BCUT2D eigenvalue weighted by molar-refractivity contribution is 7.80. The minimum absolute atomic E-state index is 0.360. The summed E-state index contributed by atoms with van der Waals surface area (Å²) < 4.78 is 11.5. The molecule has 4 nitrogen and oxygen atoms in total. The third-order valence-electron chi connectivity index (χ3n) is 4.14. The lowest BCUT2D eigenvalue weighted by molar-refractivity contribution is 0.0875. The molecule has 0 bridgehead atoms. The number of aromatic nitrogens is 1. The second-order valence-electron chi connectivity index (χ2n) is 6.08. The van der Waals surface area contributed by atoms with E-state index in [-0.39, 0.29) is 5.54 Å². The first kappa shape index (κ1) is 15.6. The molecule has 1 aliphatic heterocycles. The lowest BCUT2D eigenvalue weighted by Gasteiger charge is -2.36. The summed E-state index contributed by atoms with van der Waals surface area (Å²) in [6, 6.07) is 13.5. The number of morpholine rings is 1. The molecule has 0 saturated carbocycles. The molecular formula is C18H15ClN2O2S. The number of nitrogens with one attached hydrogen (secondary N) is 1. The number of rotatable bonds is 2. The normalized spacial score (nSPS) is 21.0. The van der Waals surface area contributed by atoms with Crippen molar-refractivity contribution in [3.63, 3.8) is 0 Å². The van der Waals surface area contributed by atoms with Gasteiger partial charge in [-0.1, -0.05) is 36.0 Å². The Bertz CT molecular complexity index is 940. The Morgan fingerprint density at radius 3 is 2.96 bits per heavy atom. The van der Waals surface area contributed by atoms with Crippen LogP contribution in [0.4, 0.5) is 0 Å². The van der Waals surface area contributed by atoms with Crippen molar-refractivity contribution in [1.82, 2.24) is 10.3 Å². The molecule has 0 amide bonds. The quantitative estimate of drug-likeness (QED) is 0.692. The van der Waals surface area contributed by atoms with Crippen LogP contribution < -0.4 is 5.32 Å². The van der Waals surface area contributed by atoms with E-state index in [4.69, 9.17) is 33.0 Å². The van der Waals surface area contributed by atoms with Crippen molar-refractivity contribution in [2.75, 3.05) is 13.2 Å². The Morgan fingerprint density at radius 2 is 2.12 bits per heavy atom. The Kier molecular flexibility index (Phi) is 3.79. The fourth-order valence-corrected chi connectivity index (χ4v) is 3.38. The van der Waals surface area contributed by atoms with Gasteiger partial charge in [0.25, 0.3) is 0 Å². The van der Waals surface area contributed by atoms with Crippen molar-refractivity contribution in [3.8, 4) is 11.5 Å². The molecule has 1 saturated heterocycles. The fourth-order valence-electron chi connectivity index (χ4n) is 2.90. The van der Waals surface area contributed by atoms with Crippen LogP contribution in [0.2, 0.25) is 5.02 Å². The van der Waals surface area contributed by atoms with Gasteiger partial charge in [-0.25, -0.2) is 4.98 Å². The lowest BCUT2D eigenvalue weighted by atomic mass is 9.90. The van der Waals surface area contributed by atoms with Gasteiger partial charge in [0.15, 0.2) is 5.58 Å². The van der Waals surface area contributed by atoms with Gasteiger partial charge in [-0.05, 0) is 42.8 Å². The van der Waals surface area contributed by atoms with E-state index in [1.165, 1.54) is 0 Å². The number of hydrogen-bond acceptors (Lipinski definition) is 4. The van der Waals surface area contributed by atoms with E-state index < -0.39 is 0 Å². The Balaban J connectivity index is 1.75. The van der Waals surface area contributed by atoms with Gasteiger partial charge in [-0.15, -0.1) is 0 Å². The van der Waals surface area contributed by atoms with Crippen LogP contribution in [0.25, 0.3) is 22.6 Å². The third kappa shape index (κ3) is 2.79. The van der Waals surface area contributed by atoms with Gasteiger partial charge in [0.05, 0.1) is 18.8 Å². The smallest absolute Gasteiger partial charge is 0.227 e. The summed E-state index contributed by atoms with van der Waals surface area (Å²) in [6.45, 7) is 3.10. The zero-order valence-electron chi connectivity index (χ0n) is 13.0. The average molecular weight is 359 g/mol. The SMILES string of the molecule is CC1(c2cccc(-c3nc4cc(Cl)ccc4o3)c2)COCC(=S)N1. The molecule has 2 heterocycles. The van der Waals surface area contributed by atoms with Crippen molar-refractivity contribution >= 4 is 39.9 Å². The average Bonchev–Trinajstić information content (AvgIpc) is 2.98. The predicted octanol–water partition coefficient (Wildman–Crippen LogP) is 4.31. The van der Waals surface area contributed by atoms with Crippen molar-refractivity contribution in [3.05, 3.63) is 53.1 Å². The number of ether oxygens (including phenoxy) is 1. The van der Waals surface area contributed by atoms with Crippen LogP contribution in [0.3, 0.4) is 0 Å². The third-order valence-corrected chi connectivity index (χ3v) is 4.59. The van der Waals surface area contributed by atoms with Gasteiger partial charge in [0, 0.05) is 10.6 Å². The van der Waals surface area contributed by atoms with E-state index in [2.05, 4.69) is 23.3 Å². The van der Waals surface area contributed by atoms with Crippen molar-refractivity contribution in [1.29, 1.82) is 0 Å². The maximum absolute atomic E-state index is 6.02. The first-order chi connectivity index (χ1) is 11.5. The van der Waals surface area contributed by atoms with E-state index >= 15 is 0 Å². The van der Waals surface area contributed by atoms with Crippen molar-refractivity contribution in [2.45, 2.75) is 12.5 Å². The Morgan fingerprint density at radius 1 is 1.25 bits per heavy atom. The van der Waals surface area contributed by atoms with Gasteiger partial charge in [-0.3, -0.25) is 0 Å². The zero-order chi connectivity index (χ0) is 16.7. The first-order valence-electron chi connectivity index (χ1n) is 7.59. The van der Waals surface area contributed by atoms with Gasteiger partial charge < -0.3 is 14.5 Å². The Hall–Kier alpha value is -1.95. The second-order valence-corrected chi connectivity index (χ2v) is 7.01. The van der Waals surface area contributed by atoms with E-state index in [0.29, 0.717) is 34.7 Å². The van der Waals surface area contributed by atoms with Crippen LogP contribution in [-0.2, 0) is 10.3 Å². The highest BCUT2D eigenvalue weighted by Crippen LogP contribution is 2.30. The summed E-state index contributed by atoms with van der Waals surface area (Å²) in [6.07, 6.45) is 0. The zero-order valence-corrected chi connectivity index (χ0v) is 14.6. The molecule has 2 aromatic carbocycles. The molecule has 6 heteroatoms. The summed E-state index contributed by atoms with van der Waals surface area (Å²) in [5.41, 5.74) is 3.07. The number of hydrogen-bond donors (Lipinski definition) is 1. The molecule has 1 N–H and O–H groups in total. The maximum atomic E-state index is 6.02. The summed E-state index contributed by atoms with van der Waals surface area (Å²) in [5, 5.41) is 4.00. The highest BCUT2D eigenvalue weighted by atomic mass is 35.5. The van der Waals surface area contributed by atoms with E-state index in [0.717, 1.165) is 16.6 Å². The van der Waals surface area contributed by atoms with E-state index in [9.17, 15) is 0 Å². The molecule has 1 aliphatic rings. The molecule has 1 aromatic heterocycles. The molecule has 0 spiro atoms. The number of thiocarbonyl (C=S) groups is 1. The molecule has 3 aromatic rings. The summed E-state index contributed by atoms with van der Waals surface area (Å²) in [4.78, 5) is 5.25. The number of nitrogens with zero attached hydrogens (tertiary/aromatic N) is 1. The molecule has 24 heavy (non-hydrogen) atoms. The molecule has 1 fully saturated rings. The minimum Gasteiger partial charge on any atom is -0.436 e. The standard InChI is InChI=1S/C18H15ClN2O2S/c1-18(10-22-9-16(24)21-18)12-4-2-3-11(7-12)17-20-14-8-13(19)5-6-15(14)23-17/h2-8H,9-10H2,1H3,(H,21,24). The van der Waals surface area contributed by atoms with Gasteiger partial charge in [-0.2, -0.15) is 0 Å². The molecular weight excluding hydrogens is 344 g/mol. The van der Waals surface area contributed by atoms with Crippen LogP contribution in [0.15, 0.2) is 46.9 Å². The van der Waals surface area contributed by atoms with Crippen LogP contribution in [-0.4, -0.2) is 23.2 Å². The molecule has 122 valence electrons. The number of halogens is 1. The van der Waals surface area contributed by atoms with Gasteiger partial charge in [0.1, 0.15) is 10.5 Å². The van der Waals surface area contributed by atoms with Crippen LogP contribution in [0, 0.1) is 0 Å². The number of fused-ring (bicyclic) bond motifs is 1. The molecule has 0 radical (unpaired) electrons. The molecule has 4 rings (SSSR count). The largest absolute Gasteiger partial charge is 0.436 e. The van der Waals surface area contributed by atoms with Crippen LogP contribution >= 0.6 is 23.8 Å². The molecule has 1 atom stereocenters. The van der Waals surface area contributed by atoms with Crippen LogP contribution in [0.5, 0.6) is 0 Å². The first-order valence-corrected chi connectivity index (χ1v) is 8.38.